The third-order valence-corrected chi connectivity index (χ3v) is 11.6. The lowest BCUT2D eigenvalue weighted by molar-refractivity contribution is -0.192. The molecule has 3 N–H and O–H groups in total. The molecule has 274 valence electrons. The minimum atomic E-state index is -5.08. The second-order valence-electron chi connectivity index (χ2n) is 14.8. The van der Waals surface area contributed by atoms with Crippen LogP contribution >= 0.6 is 0 Å². The number of amides is 4. The SMILES string of the molecule is O=C(O)C(F)(F)F.O=C1CCC(N2C(=O)c3ccc(N4CCCC5(CCN(CC6CCN(C7CCNCC7)CC6)CC5)C4)cc3C2=O)C(=O)N1. The minimum Gasteiger partial charge on any atom is -0.475 e. The van der Waals surface area contributed by atoms with Crippen LogP contribution in [0.5, 0.6) is 0 Å². The first-order valence-corrected chi connectivity index (χ1v) is 17.9. The van der Waals surface area contributed by atoms with Gasteiger partial charge in [-0.25, -0.2) is 4.79 Å². The highest BCUT2D eigenvalue weighted by Crippen LogP contribution is 2.42. The predicted molar refractivity (Wildman–Crippen MR) is 177 cm³/mol. The highest BCUT2D eigenvalue weighted by atomic mass is 19.4. The molecule has 1 unspecified atom stereocenters. The number of fused-ring (bicyclic) bond motifs is 1. The molecule has 0 saturated carbocycles. The molecule has 6 aliphatic heterocycles. The molecule has 1 aromatic rings. The smallest absolute Gasteiger partial charge is 0.475 e. The van der Waals surface area contributed by atoms with Crippen LogP contribution in [0, 0.1) is 11.3 Å². The summed E-state index contributed by atoms with van der Waals surface area (Å²) in [5.41, 5.74) is 1.99. The van der Waals surface area contributed by atoms with E-state index >= 15 is 0 Å². The lowest BCUT2D eigenvalue weighted by atomic mass is 9.72. The van der Waals surface area contributed by atoms with Crippen LogP contribution in [-0.2, 0) is 14.4 Å². The molecule has 0 radical (unpaired) electrons. The van der Waals surface area contributed by atoms with Gasteiger partial charge >= 0.3 is 12.1 Å². The fourth-order valence-electron chi connectivity index (χ4n) is 8.74. The van der Waals surface area contributed by atoms with Gasteiger partial charge in [0.2, 0.25) is 11.8 Å². The number of carbonyl (C=O) groups excluding carboxylic acids is 4. The zero-order valence-corrected chi connectivity index (χ0v) is 28.3. The molecule has 1 spiro atoms. The number of benzene rings is 1. The molecule has 1 aromatic carbocycles. The molecule has 15 heteroatoms. The van der Waals surface area contributed by atoms with Gasteiger partial charge in [-0.3, -0.25) is 29.4 Å². The van der Waals surface area contributed by atoms with E-state index in [-0.39, 0.29) is 18.7 Å². The van der Waals surface area contributed by atoms with Crippen molar-refractivity contribution in [1.82, 2.24) is 25.3 Å². The summed E-state index contributed by atoms with van der Waals surface area (Å²) in [6, 6.07) is 5.42. The Labute approximate surface area is 289 Å². The Morgan fingerprint density at radius 3 is 2.18 bits per heavy atom. The average molecular weight is 705 g/mol. The van der Waals surface area contributed by atoms with Crippen LogP contribution in [0.15, 0.2) is 18.2 Å². The summed E-state index contributed by atoms with van der Waals surface area (Å²) in [5, 5.41) is 12.9. The van der Waals surface area contributed by atoms with Crippen LogP contribution in [0.2, 0.25) is 0 Å². The maximum absolute atomic E-state index is 13.4. The summed E-state index contributed by atoms with van der Waals surface area (Å²) >= 11 is 0. The average Bonchev–Trinajstić information content (AvgIpc) is 3.35. The van der Waals surface area contributed by atoms with Crippen LogP contribution in [0.4, 0.5) is 18.9 Å². The van der Waals surface area contributed by atoms with Crippen LogP contribution < -0.4 is 15.5 Å². The van der Waals surface area contributed by atoms with Crippen LogP contribution in [0.3, 0.4) is 0 Å². The number of nitrogens with one attached hydrogen (secondary N) is 2. The van der Waals surface area contributed by atoms with Gasteiger partial charge in [-0.1, -0.05) is 0 Å². The Morgan fingerprint density at radius 1 is 0.880 bits per heavy atom. The number of halogens is 3. The number of alkyl halides is 3. The number of carboxylic acid groups (broad SMARTS) is 1. The Hall–Kier alpha value is -3.56. The van der Waals surface area contributed by atoms with Gasteiger partial charge in [-0.2, -0.15) is 13.2 Å². The van der Waals surface area contributed by atoms with E-state index in [9.17, 15) is 32.3 Å². The third kappa shape index (κ3) is 7.99. The van der Waals surface area contributed by atoms with Gasteiger partial charge in [-0.15, -0.1) is 0 Å². The lowest BCUT2D eigenvalue weighted by Crippen LogP contribution is -2.54. The van der Waals surface area contributed by atoms with Crippen molar-refractivity contribution in [3.8, 4) is 0 Å². The van der Waals surface area contributed by atoms with Gasteiger partial charge < -0.3 is 25.1 Å². The van der Waals surface area contributed by atoms with Crippen molar-refractivity contribution in [2.75, 3.05) is 63.8 Å². The summed E-state index contributed by atoms with van der Waals surface area (Å²) in [4.78, 5) is 68.4. The number of hydrogen-bond acceptors (Lipinski definition) is 9. The van der Waals surface area contributed by atoms with E-state index in [2.05, 4.69) is 25.3 Å². The van der Waals surface area contributed by atoms with Crippen molar-refractivity contribution < 1.29 is 42.3 Å². The summed E-state index contributed by atoms with van der Waals surface area (Å²) in [6.45, 7) is 10.4. The molecule has 6 aliphatic rings. The second-order valence-corrected chi connectivity index (χ2v) is 14.8. The first kappa shape index (κ1) is 36.2. The van der Waals surface area contributed by atoms with Gasteiger partial charge in [0.05, 0.1) is 11.1 Å². The molecule has 50 heavy (non-hydrogen) atoms. The summed E-state index contributed by atoms with van der Waals surface area (Å²) in [5.74, 6) is -3.75. The number of nitrogens with zero attached hydrogens (tertiary/aromatic N) is 4. The normalized spacial score (nSPS) is 25.7. The number of anilines is 1. The molecule has 4 amide bonds. The van der Waals surface area contributed by atoms with Gasteiger partial charge in [0.1, 0.15) is 6.04 Å². The number of imide groups is 2. The van der Waals surface area contributed by atoms with Crippen molar-refractivity contribution in [2.45, 2.75) is 82.5 Å². The van der Waals surface area contributed by atoms with E-state index in [4.69, 9.17) is 9.90 Å². The van der Waals surface area contributed by atoms with Crippen molar-refractivity contribution in [3.63, 3.8) is 0 Å². The summed E-state index contributed by atoms with van der Waals surface area (Å²) in [6.07, 6.45) is 5.28. The maximum Gasteiger partial charge on any atom is 0.490 e. The quantitative estimate of drug-likeness (QED) is 0.392. The largest absolute Gasteiger partial charge is 0.490 e. The fourth-order valence-corrected chi connectivity index (χ4v) is 8.74. The van der Waals surface area contributed by atoms with Gasteiger partial charge in [0.25, 0.3) is 11.8 Å². The van der Waals surface area contributed by atoms with Gasteiger partial charge in [0, 0.05) is 37.8 Å². The van der Waals surface area contributed by atoms with Gasteiger partial charge in [0.15, 0.2) is 0 Å². The van der Waals surface area contributed by atoms with E-state index in [1.54, 1.807) is 6.07 Å². The van der Waals surface area contributed by atoms with Crippen molar-refractivity contribution in [1.29, 1.82) is 0 Å². The molecule has 5 saturated heterocycles. The number of carboxylic acids is 1. The first-order chi connectivity index (χ1) is 23.8. The standard InChI is InChI=1S/C33H46N6O4.C2HF3O2/c40-29-5-4-28(30(41)35-29)39-31(42)26-3-2-25(20-27(26)32(39)43)38-15-1-10-33(22-38)11-18-36(19-12-33)21-23-8-16-37(17-9-23)24-6-13-34-14-7-24;3-2(4,5)1(6)7/h2-3,20,23-24,28,34H,1,4-19,21-22H2,(H,35,40,41);(H,6,7). The molecular weight excluding hydrogens is 657 g/mol. The van der Waals surface area contributed by atoms with Crippen LogP contribution in [0.1, 0.15) is 84.9 Å². The molecule has 7 rings (SSSR count). The molecule has 0 aromatic heterocycles. The first-order valence-electron chi connectivity index (χ1n) is 17.9. The Kier molecular flexibility index (Phi) is 10.8. The maximum atomic E-state index is 13.4. The molecule has 6 heterocycles. The van der Waals surface area contributed by atoms with E-state index in [1.807, 2.05) is 12.1 Å². The Bertz CT molecular complexity index is 1470. The molecule has 5 fully saturated rings. The topological polar surface area (TPSA) is 143 Å². The zero-order valence-electron chi connectivity index (χ0n) is 28.3. The fraction of sp³-hybridized carbons (Fsp3) is 0.686. The van der Waals surface area contributed by atoms with E-state index in [1.165, 1.54) is 90.8 Å². The molecule has 0 aliphatic carbocycles. The minimum absolute atomic E-state index is 0.125. The number of hydrogen-bond donors (Lipinski definition) is 3. The predicted octanol–water partition coefficient (Wildman–Crippen LogP) is 2.87. The van der Waals surface area contributed by atoms with Crippen LogP contribution in [0.25, 0.3) is 0 Å². The lowest BCUT2D eigenvalue weighted by Gasteiger charge is -2.49. The Balaban J connectivity index is 0.000000561. The summed E-state index contributed by atoms with van der Waals surface area (Å²) < 4.78 is 31.7. The van der Waals surface area contributed by atoms with E-state index < -0.39 is 35.9 Å². The van der Waals surface area contributed by atoms with Crippen molar-refractivity contribution in [2.24, 2.45) is 11.3 Å². The number of aliphatic carboxylic acids is 1. The third-order valence-electron chi connectivity index (χ3n) is 11.6. The van der Waals surface area contributed by atoms with Crippen molar-refractivity contribution in [3.05, 3.63) is 29.3 Å². The summed E-state index contributed by atoms with van der Waals surface area (Å²) in [7, 11) is 0. The van der Waals surface area contributed by atoms with Crippen LogP contribution in [-0.4, -0.2) is 127 Å². The van der Waals surface area contributed by atoms with E-state index in [0.29, 0.717) is 16.5 Å². The monoisotopic (exact) mass is 704 g/mol. The number of carbonyl (C=O) groups is 5. The molecular formula is C35H47F3N6O6. The molecule has 0 bridgehead atoms. The van der Waals surface area contributed by atoms with Gasteiger partial charge in [-0.05, 0) is 127 Å². The molecule has 12 nitrogen and oxygen atoms in total. The number of rotatable bonds is 5. The number of likely N-dealkylation sites (tertiary alicyclic amines) is 2. The highest BCUT2D eigenvalue weighted by Gasteiger charge is 2.45. The highest BCUT2D eigenvalue weighted by molar-refractivity contribution is 6.23. The molecule has 1 atom stereocenters. The zero-order chi connectivity index (χ0) is 35.6. The van der Waals surface area contributed by atoms with E-state index in [0.717, 1.165) is 42.1 Å². The van der Waals surface area contributed by atoms with Crippen molar-refractivity contribution >= 4 is 35.3 Å². The second kappa shape index (κ2) is 15.0. The number of piperidine rings is 5. The Morgan fingerprint density at radius 2 is 1.54 bits per heavy atom.